The maximum atomic E-state index is 5.47. The first kappa shape index (κ1) is 10.5. The molecule has 0 atom stereocenters. The first-order valence-electron chi connectivity index (χ1n) is 4.06. The van der Waals surface area contributed by atoms with E-state index in [1.54, 1.807) is 19.5 Å². The lowest BCUT2D eigenvalue weighted by molar-refractivity contribution is 0.172. The Labute approximate surface area is 86.2 Å². The fourth-order valence-electron chi connectivity index (χ4n) is 0.865. The highest BCUT2D eigenvalue weighted by molar-refractivity contribution is 9.10. The van der Waals surface area contributed by atoms with Crippen molar-refractivity contribution >= 4 is 15.9 Å². The van der Waals surface area contributed by atoms with Crippen molar-refractivity contribution in [3.63, 3.8) is 0 Å². The summed E-state index contributed by atoms with van der Waals surface area (Å²) in [4.78, 5) is 3.94. The SMILES string of the molecule is COCCCOc1ccncc1Br. The van der Waals surface area contributed by atoms with Gasteiger partial charge < -0.3 is 9.47 Å². The number of rotatable bonds is 5. The van der Waals surface area contributed by atoms with E-state index in [2.05, 4.69) is 20.9 Å². The molecule has 0 aliphatic rings. The molecule has 0 saturated carbocycles. The number of hydrogen-bond donors (Lipinski definition) is 0. The van der Waals surface area contributed by atoms with Gasteiger partial charge in [-0.1, -0.05) is 0 Å². The Morgan fingerprint density at radius 3 is 3.00 bits per heavy atom. The van der Waals surface area contributed by atoms with E-state index in [9.17, 15) is 0 Å². The van der Waals surface area contributed by atoms with Crippen molar-refractivity contribution < 1.29 is 9.47 Å². The molecule has 0 amide bonds. The molecule has 0 aromatic carbocycles. The van der Waals surface area contributed by atoms with Gasteiger partial charge in [-0.2, -0.15) is 0 Å². The molecule has 4 heteroatoms. The highest BCUT2D eigenvalue weighted by Crippen LogP contribution is 2.22. The minimum atomic E-state index is 0.663. The van der Waals surface area contributed by atoms with Gasteiger partial charge in [0.2, 0.25) is 0 Å². The first-order chi connectivity index (χ1) is 6.34. The summed E-state index contributed by atoms with van der Waals surface area (Å²) in [5, 5.41) is 0. The van der Waals surface area contributed by atoms with Crippen LogP contribution in [0.5, 0.6) is 5.75 Å². The number of aromatic nitrogens is 1. The Bertz CT molecular complexity index is 255. The Hall–Kier alpha value is -0.610. The Balaban J connectivity index is 2.32. The van der Waals surface area contributed by atoms with E-state index in [1.165, 1.54) is 0 Å². The van der Waals surface area contributed by atoms with Crippen LogP contribution in [0.15, 0.2) is 22.9 Å². The molecule has 3 nitrogen and oxygen atoms in total. The minimum absolute atomic E-state index is 0.663. The number of methoxy groups -OCH3 is 1. The molecular weight excluding hydrogens is 234 g/mol. The molecule has 0 N–H and O–H groups in total. The number of pyridine rings is 1. The van der Waals surface area contributed by atoms with Crippen molar-refractivity contribution in [2.45, 2.75) is 6.42 Å². The summed E-state index contributed by atoms with van der Waals surface area (Å²) < 4.78 is 11.3. The maximum absolute atomic E-state index is 5.47. The Kier molecular flexibility index (Phi) is 4.78. The third-order valence-electron chi connectivity index (χ3n) is 1.49. The van der Waals surface area contributed by atoms with Gasteiger partial charge in [0.1, 0.15) is 5.75 Å². The van der Waals surface area contributed by atoms with Gasteiger partial charge in [-0.25, -0.2) is 0 Å². The van der Waals surface area contributed by atoms with Crippen LogP contribution in [0, 0.1) is 0 Å². The smallest absolute Gasteiger partial charge is 0.136 e. The summed E-state index contributed by atoms with van der Waals surface area (Å²) in [6.07, 6.45) is 4.31. The maximum Gasteiger partial charge on any atom is 0.136 e. The largest absolute Gasteiger partial charge is 0.492 e. The van der Waals surface area contributed by atoms with Crippen molar-refractivity contribution in [1.29, 1.82) is 0 Å². The zero-order valence-corrected chi connectivity index (χ0v) is 9.08. The highest BCUT2D eigenvalue weighted by atomic mass is 79.9. The summed E-state index contributed by atoms with van der Waals surface area (Å²) in [5.74, 6) is 0.825. The molecule has 1 aromatic rings. The van der Waals surface area contributed by atoms with Gasteiger partial charge >= 0.3 is 0 Å². The van der Waals surface area contributed by atoms with Crippen LogP contribution in [0.1, 0.15) is 6.42 Å². The lowest BCUT2D eigenvalue weighted by atomic mass is 10.4. The van der Waals surface area contributed by atoms with Crippen LogP contribution in [0.3, 0.4) is 0 Å². The zero-order valence-electron chi connectivity index (χ0n) is 7.50. The number of nitrogens with zero attached hydrogens (tertiary/aromatic N) is 1. The first-order valence-corrected chi connectivity index (χ1v) is 4.85. The summed E-state index contributed by atoms with van der Waals surface area (Å²) in [6, 6.07) is 1.83. The van der Waals surface area contributed by atoms with E-state index in [4.69, 9.17) is 9.47 Å². The van der Waals surface area contributed by atoms with Crippen molar-refractivity contribution in [2.75, 3.05) is 20.3 Å². The second kappa shape index (κ2) is 5.94. The Morgan fingerprint density at radius 1 is 1.46 bits per heavy atom. The molecule has 0 aliphatic carbocycles. The number of ether oxygens (including phenoxy) is 2. The van der Waals surface area contributed by atoms with Crippen LogP contribution in [-0.2, 0) is 4.74 Å². The second-order valence-electron chi connectivity index (χ2n) is 2.50. The summed E-state index contributed by atoms with van der Waals surface area (Å²) in [7, 11) is 1.68. The molecule has 1 aromatic heterocycles. The van der Waals surface area contributed by atoms with Crippen LogP contribution in [0.2, 0.25) is 0 Å². The lowest BCUT2D eigenvalue weighted by Crippen LogP contribution is -2.01. The molecule has 72 valence electrons. The summed E-state index contributed by atoms with van der Waals surface area (Å²) in [5.41, 5.74) is 0. The Morgan fingerprint density at radius 2 is 2.31 bits per heavy atom. The number of halogens is 1. The van der Waals surface area contributed by atoms with Crippen molar-refractivity contribution in [2.24, 2.45) is 0 Å². The van der Waals surface area contributed by atoms with Crippen LogP contribution < -0.4 is 4.74 Å². The average Bonchev–Trinajstić information content (AvgIpc) is 2.15. The molecule has 0 radical (unpaired) electrons. The molecule has 0 bridgehead atoms. The fraction of sp³-hybridized carbons (Fsp3) is 0.444. The van der Waals surface area contributed by atoms with Crippen LogP contribution >= 0.6 is 15.9 Å². The van der Waals surface area contributed by atoms with Gasteiger partial charge in [-0.15, -0.1) is 0 Å². The molecular formula is C9H12BrNO2. The highest BCUT2D eigenvalue weighted by Gasteiger charge is 1.98. The predicted molar refractivity (Wildman–Crippen MR) is 53.9 cm³/mol. The fourth-order valence-corrected chi connectivity index (χ4v) is 1.23. The van der Waals surface area contributed by atoms with Crippen LogP contribution in [0.25, 0.3) is 0 Å². The second-order valence-corrected chi connectivity index (χ2v) is 3.36. The normalized spacial score (nSPS) is 10.0. The quantitative estimate of drug-likeness (QED) is 0.747. The van der Waals surface area contributed by atoms with E-state index in [-0.39, 0.29) is 0 Å². The van der Waals surface area contributed by atoms with Gasteiger partial charge in [-0.05, 0) is 22.0 Å². The molecule has 13 heavy (non-hydrogen) atoms. The monoisotopic (exact) mass is 245 g/mol. The lowest BCUT2D eigenvalue weighted by Gasteiger charge is -2.06. The van der Waals surface area contributed by atoms with Gasteiger partial charge in [-0.3, -0.25) is 4.98 Å². The van der Waals surface area contributed by atoms with Crippen LogP contribution in [0.4, 0.5) is 0 Å². The standard InChI is InChI=1S/C9H12BrNO2/c1-12-5-2-6-13-9-3-4-11-7-8(9)10/h3-4,7H,2,5-6H2,1H3. The van der Waals surface area contributed by atoms with Gasteiger partial charge in [0.25, 0.3) is 0 Å². The molecule has 1 heterocycles. The van der Waals surface area contributed by atoms with E-state index in [1.807, 2.05) is 6.07 Å². The van der Waals surface area contributed by atoms with Gasteiger partial charge in [0.05, 0.1) is 11.1 Å². The molecule has 0 aliphatic heterocycles. The van der Waals surface area contributed by atoms with E-state index in [0.717, 1.165) is 23.2 Å². The van der Waals surface area contributed by atoms with Gasteiger partial charge in [0.15, 0.2) is 0 Å². The molecule has 0 saturated heterocycles. The topological polar surface area (TPSA) is 31.4 Å². The molecule has 1 rings (SSSR count). The van der Waals surface area contributed by atoms with E-state index in [0.29, 0.717) is 6.61 Å². The third kappa shape index (κ3) is 3.74. The molecule has 0 spiro atoms. The van der Waals surface area contributed by atoms with Gasteiger partial charge in [0, 0.05) is 32.5 Å². The van der Waals surface area contributed by atoms with Crippen molar-refractivity contribution in [1.82, 2.24) is 4.98 Å². The van der Waals surface area contributed by atoms with E-state index >= 15 is 0 Å². The summed E-state index contributed by atoms with van der Waals surface area (Å²) >= 11 is 3.35. The third-order valence-corrected chi connectivity index (χ3v) is 2.08. The molecule has 0 fully saturated rings. The van der Waals surface area contributed by atoms with E-state index < -0.39 is 0 Å². The van der Waals surface area contributed by atoms with Crippen molar-refractivity contribution in [3.8, 4) is 5.75 Å². The zero-order chi connectivity index (χ0) is 9.52. The summed E-state index contributed by atoms with van der Waals surface area (Å²) in [6.45, 7) is 1.39. The number of hydrogen-bond acceptors (Lipinski definition) is 3. The van der Waals surface area contributed by atoms with Crippen LogP contribution in [-0.4, -0.2) is 25.3 Å². The minimum Gasteiger partial charge on any atom is -0.492 e. The predicted octanol–water partition coefficient (Wildman–Crippen LogP) is 2.26. The van der Waals surface area contributed by atoms with Crippen molar-refractivity contribution in [3.05, 3.63) is 22.9 Å². The average molecular weight is 246 g/mol. The molecule has 0 unspecified atom stereocenters.